The Morgan fingerprint density at radius 2 is 1.85 bits per heavy atom. The summed E-state index contributed by atoms with van der Waals surface area (Å²) in [5.41, 5.74) is 6.10. The summed E-state index contributed by atoms with van der Waals surface area (Å²) in [6, 6.07) is 1.47. The van der Waals surface area contributed by atoms with Gasteiger partial charge in [0.1, 0.15) is 5.65 Å². The number of nitrogens with one attached hydrogen (secondary N) is 1. The van der Waals surface area contributed by atoms with Crippen LogP contribution in [0.5, 0.6) is 0 Å². The van der Waals surface area contributed by atoms with Crippen molar-refractivity contribution in [3.63, 3.8) is 0 Å². The van der Waals surface area contributed by atoms with Gasteiger partial charge in [-0.15, -0.1) is 24.8 Å². The van der Waals surface area contributed by atoms with Crippen molar-refractivity contribution in [2.24, 2.45) is 37.6 Å². The zero-order valence-corrected chi connectivity index (χ0v) is 16.7. The Bertz CT molecular complexity index is 1000. The minimum atomic E-state index is -0.435. The van der Waals surface area contributed by atoms with Crippen LogP contribution in [0.1, 0.15) is 19.3 Å². The molecule has 1 amide bonds. The lowest BCUT2D eigenvalue weighted by Gasteiger charge is -2.27. The molecule has 10 heteroatoms. The molecule has 8 nitrogen and oxygen atoms in total. The third-order valence-corrected chi connectivity index (χ3v) is 5.84. The number of rotatable bonds is 2. The molecule has 27 heavy (non-hydrogen) atoms. The maximum absolute atomic E-state index is 12.7. The third-order valence-electron chi connectivity index (χ3n) is 5.84. The highest BCUT2D eigenvalue weighted by atomic mass is 35.5. The number of anilines is 1. The van der Waals surface area contributed by atoms with E-state index in [0.29, 0.717) is 28.6 Å². The van der Waals surface area contributed by atoms with E-state index in [1.54, 1.807) is 13.1 Å². The van der Waals surface area contributed by atoms with Crippen LogP contribution in [0.15, 0.2) is 21.9 Å². The van der Waals surface area contributed by atoms with Crippen LogP contribution in [0.2, 0.25) is 0 Å². The topological polar surface area (TPSA) is 112 Å². The quantitative estimate of drug-likeness (QED) is 0.752. The highest BCUT2D eigenvalue weighted by Gasteiger charge is 2.49. The lowest BCUT2D eigenvalue weighted by molar-refractivity contribution is -0.121. The van der Waals surface area contributed by atoms with Gasteiger partial charge in [-0.25, -0.2) is 9.78 Å². The average Bonchev–Trinajstić information content (AvgIpc) is 3.19. The van der Waals surface area contributed by atoms with Crippen LogP contribution in [0.4, 0.5) is 5.69 Å². The molecule has 0 radical (unpaired) electrons. The van der Waals surface area contributed by atoms with Gasteiger partial charge in [0.2, 0.25) is 5.91 Å². The molecule has 3 N–H and O–H groups in total. The molecule has 2 aromatic heterocycles. The van der Waals surface area contributed by atoms with Crippen LogP contribution in [-0.2, 0) is 18.9 Å². The normalized spacial score (nSPS) is 25.7. The summed E-state index contributed by atoms with van der Waals surface area (Å²) in [4.78, 5) is 41.1. The van der Waals surface area contributed by atoms with Gasteiger partial charge in [0.15, 0.2) is 0 Å². The van der Waals surface area contributed by atoms with Gasteiger partial charge < -0.3 is 11.1 Å². The Labute approximate surface area is 168 Å². The van der Waals surface area contributed by atoms with Gasteiger partial charge in [0.25, 0.3) is 5.56 Å². The van der Waals surface area contributed by atoms with E-state index in [1.807, 2.05) is 0 Å². The summed E-state index contributed by atoms with van der Waals surface area (Å²) < 4.78 is 2.34. The van der Waals surface area contributed by atoms with Crippen molar-refractivity contribution in [3.05, 3.63) is 33.1 Å². The predicted molar refractivity (Wildman–Crippen MR) is 108 cm³/mol. The van der Waals surface area contributed by atoms with E-state index in [2.05, 4.69) is 10.3 Å². The number of carbonyl (C=O) groups excluding carboxylic acids is 1. The first kappa shape index (κ1) is 21.4. The van der Waals surface area contributed by atoms with Gasteiger partial charge in [0, 0.05) is 20.1 Å². The molecule has 4 rings (SSSR count). The van der Waals surface area contributed by atoms with Crippen LogP contribution in [0.25, 0.3) is 11.0 Å². The van der Waals surface area contributed by atoms with Crippen LogP contribution in [-0.4, -0.2) is 26.1 Å². The zero-order valence-electron chi connectivity index (χ0n) is 15.0. The molecule has 0 aromatic carbocycles. The molecule has 4 unspecified atom stereocenters. The first-order valence-corrected chi connectivity index (χ1v) is 8.50. The second kappa shape index (κ2) is 7.61. The molecule has 148 valence electrons. The highest BCUT2D eigenvalue weighted by Crippen LogP contribution is 2.47. The smallest absolute Gasteiger partial charge is 0.327 e. The van der Waals surface area contributed by atoms with Crippen molar-refractivity contribution in [2.45, 2.75) is 25.3 Å². The minimum Gasteiger partial charge on any atom is -0.327 e. The number of hydrogen-bond acceptors (Lipinski definition) is 5. The van der Waals surface area contributed by atoms with E-state index in [-0.39, 0.29) is 42.7 Å². The summed E-state index contributed by atoms with van der Waals surface area (Å²) >= 11 is 0. The Morgan fingerprint density at radius 1 is 1.19 bits per heavy atom. The summed E-state index contributed by atoms with van der Waals surface area (Å²) in [5, 5.41) is 3.15. The van der Waals surface area contributed by atoms with Crippen molar-refractivity contribution in [3.8, 4) is 0 Å². The number of amides is 1. The van der Waals surface area contributed by atoms with E-state index in [9.17, 15) is 14.4 Å². The number of pyridine rings is 1. The number of aromatic nitrogens is 3. The predicted octanol–water partition coefficient (Wildman–Crippen LogP) is 0.788. The van der Waals surface area contributed by atoms with Crippen LogP contribution >= 0.6 is 24.8 Å². The first-order chi connectivity index (χ1) is 11.9. The molecule has 2 fully saturated rings. The summed E-state index contributed by atoms with van der Waals surface area (Å²) in [7, 11) is 2.98. The SMILES string of the molecule is Cl.Cl.Cn1c(=O)c2cc(NC(=O)C3C4CCC(C4)C3N)cnc2n(C)c1=O. The highest BCUT2D eigenvalue weighted by molar-refractivity contribution is 5.95. The van der Waals surface area contributed by atoms with Crippen LogP contribution < -0.4 is 22.3 Å². The fourth-order valence-corrected chi connectivity index (χ4v) is 4.48. The fourth-order valence-electron chi connectivity index (χ4n) is 4.48. The van der Waals surface area contributed by atoms with Crippen molar-refractivity contribution in [1.82, 2.24) is 14.1 Å². The number of aryl methyl sites for hydroxylation is 1. The molecule has 2 aliphatic rings. The monoisotopic (exact) mass is 415 g/mol. The molecule has 2 heterocycles. The number of nitrogens with zero attached hydrogens (tertiary/aromatic N) is 3. The Hall–Kier alpha value is -1.90. The number of hydrogen-bond donors (Lipinski definition) is 2. The molecule has 0 aliphatic heterocycles. The van der Waals surface area contributed by atoms with Crippen LogP contribution in [0, 0.1) is 17.8 Å². The minimum absolute atomic E-state index is 0. The molecular weight excluding hydrogens is 393 g/mol. The second-order valence-electron chi connectivity index (χ2n) is 7.23. The molecule has 2 aromatic rings. The van der Waals surface area contributed by atoms with E-state index in [0.717, 1.165) is 23.8 Å². The molecule has 4 atom stereocenters. The summed E-state index contributed by atoms with van der Waals surface area (Å²) in [6.45, 7) is 0. The summed E-state index contributed by atoms with van der Waals surface area (Å²) in [6.07, 6.45) is 4.65. The lowest BCUT2D eigenvalue weighted by Crippen LogP contribution is -2.42. The molecule has 2 saturated carbocycles. The number of halogens is 2. The molecular formula is C17H23Cl2N5O3. The van der Waals surface area contributed by atoms with Gasteiger partial charge in [-0.3, -0.25) is 18.7 Å². The Morgan fingerprint density at radius 3 is 2.48 bits per heavy atom. The van der Waals surface area contributed by atoms with Gasteiger partial charge in [0.05, 0.1) is 23.2 Å². The van der Waals surface area contributed by atoms with Crippen molar-refractivity contribution < 1.29 is 4.79 Å². The van der Waals surface area contributed by atoms with Gasteiger partial charge in [-0.05, 0) is 37.2 Å². The molecule has 2 bridgehead atoms. The zero-order chi connectivity index (χ0) is 17.9. The second-order valence-corrected chi connectivity index (χ2v) is 7.23. The van der Waals surface area contributed by atoms with Crippen LogP contribution in [0.3, 0.4) is 0 Å². The molecule has 0 saturated heterocycles. The van der Waals surface area contributed by atoms with Crippen molar-refractivity contribution in [2.75, 3.05) is 5.32 Å². The largest absolute Gasteiger partial charge is 0.332 e. The van der Waals surface area contributed by atoms with E-state index < -0.39 is 11.2 Å². The van der Waals surface area contributed by atoms with E-state index >= 15 is 0 Å². The first-order valence-electron chi connectivity index (χ1n) is 8.50. The molecule has 0 spiro atoms. The average molecular weight is 416 g/mol. The van der Waals surface area contributed by atoms with Gasteiger partial charge in [-0.2, -0.15) is 0 Å². The Balaban J connectivity index is 0.00000131. The summed E-state index contributed by atoms with van der Waals surface area (Å²) in [5.74, 6) is 0.499. The number of fused-ring (bicyclic) bond motifs is 3. The maximum atomic E-state index is 12.7. The van der Waals surface area contributed by atoms with Gasteiger partial charge >= 0.3 is 5.69 Å². The fraction of sp³-hybridized carbons (Fsp3) is 0.529. The number of nitrogens with two attached hydrogens (primary N) is 1. The standard InChI is InChI=1S/C17H21N5O3.2ClH/c1-21-14-11(16(24)22(2)17(21)25)6-10(7-19-14)20-15(23)12-8-3-4-9(5-8)13(12)18;;/h6-9,12-13H,3-5,18H2,1-2H3,(H,20,23);2*1H. The lowest BCUT2D eigenvalue weighted by atomic mass is 9.84. The van der Waals surface area contributed by atoms with E-state index in [1.165, 1.54) is 17.8 Å². The number of carbonyl (C=O) groups is 1. The molecule has 2 aliphatic carbocycles. The van der Waals surface area contributed by atoms with Crippen molar-refractivity contribution >= 4 is 47.4 Å². The van der Waals surface area contributed by atoms with Crippen molar-refractivity contribution in [1.29, 1.82) is 0 Å². The van der Waals surface area contributed by atoms with E-state index in [4.69, 9.17) is 5.73 Å². The third kappa shape index (κ3) is 3.26. The maximum Gasteiger partial charge on any atom is 0.332 e. The van der Waals surface area contributed by atoms with Gasteiger partial charge in [-0.1, -0.05) is 0 Å². The Kier molecular flexibility index (Phi) is 6.03.